The van der Waals surface area contributed by atoms with Gasteiger partial charge in [-0.3, -0.25) is 4.79 Å². The van der Waals surface area contributed by atoms with E-state index in [1.807, 2.05) is 0 Å². The number of rotatable bonds is 7. The van der Waals surface area contributed by atoms with E-state index in [1.54, 1.807) is 0 Å². The summed E-state index contributed by atoms with van der Waals surface area (Å²) in [6, 6.07) is 1.11. The second-order valence-electron chi connectivity index (χ2n) is 7.14. The van der Waals surface area contributed by atoms with E-state index in [-0.39, 0.29) is 5.91 Å². The van der Waals surface area contributed by atoms with Gasteiger partial charge in [-0.2, -0.15) is 0 Å². The Hall–Kier alpha value is -0.610. The van der Waals surface area contributed by atoms with Crippen molar-refractivity contribution < 1.29 is 4.79 Å². The van der Waals surface area contributed by atoms with Crippen LogP contribution in [0.2, 0.25) is 0 Å². The average Bonchev–Trinajstić information content (AvgIpc) is 3.06. The molecule has 0 radical (unpaired) electrons. The van der Waals surface area contributed by atoms with Crippen molar-refractivity contribution in [3.8, 4) is 0 Å². The normalized spacial score (nSPS) is 27.6. The predicted molar refractivity (Wildman–Crippen MR) is 87.3 cm³/mol. The molecule has 0 aromatic rings. The van der Waals surface area contributed by atoms with Crippen molar-refractivity contribution in [2.45, 2.75) is 64.0 Å². The molecule has 1 heterocycles. The van der Waals surface area contributed by atoms with Crippen LogP contribution in [-0.2, 0) is 4.79 Å². The van der Waals surface area contributed by atoms with Gasteiger partial charge in [-0.05, 0) is 39.3 Å². The van der Waals surface area contributed by atoms with E-state index < -0.39 is 0 Å². The first-order valence-corrected chi connectivity index (χ1v) is 8.78. The summed E-state index contributed by atoms with van der Waals surface area (Å²) in [6.45, 7) is 5.47. The number of nitrogens with zero attached hydrogens (tertiary/aromatic N) is 2. The molecule has 1 amide bonds. The van der Waals surface area contributed by atoms with E-state index in [4.69, 9.17) is 0 Å². The van der Waals surface area contributed by atoms with Gasteiger partial charge in [-0.15, -0.1) is 0 Å². The van der Waals surface area contributed by atoms with Crippen LogP contribution in [0.4, 0.5) is 0 Å². The molecule has 0 unspecified atom stereocenters. The first kappa shape index (κ1) is 16.8. The highest BCUT2D eigenvalue weighted by atomic mass is 16.1. The second-order valence-corrected chi connectivity index (χ2v) is 7.14. The maximum Gasteiger partial charge on any atom is 0.221 e. The number of carbonyl (C=O) groups excluding carboxylic acids is 1. The molecular weight excluding hydrogens is 262 g/mol. The molecule has 0 bridgehead atoms. The van der Waals surface area contributed by atoms with Crippen molar-refractivity contribution in [3.05, 3.63) is 0 Å². The molecule has 4 heteroatoms. The fourth-order valence-electron chi connectivity index (χ4n) is 3.99. The molecule has 122 valence electrons. The van der Waals surface area contributed by atoms with Crippen LogP contribution in [0.25, 0.3) is 0 Å². The molecule has 0 aromatic carbocycles. The molecule has 1 saturated carbocycles. The lowest BCUT2D eigenvalue weighted by molar-refractivity contribution is -0.122. The Morgan fingerprint density at radius 2 is 1.95 bits per heavy atom. The standard InChI is InChI=1S/C17H33N3O/c1-4-7-14-12-20(13-16(14)19(2)3)11-10-17(21)18-15-8-5-6-9-15/h14-16H,4-13H2,1-3H3,(H,18,21)/t14-,16-/m0/s1. The molecular formula is C17H33N3O. The molecule has 2 rings (SSSR count). The second kappa shape index (κ2) is 8.14. The number of nitrogens with one attached hydrogen (secondary N) is 1. The number of hydrogen-bond acceptors (Lipinski definition) is 3. The van der Waals surface area contributed by atoms with Crippen molar-refractivity contribution in [2.75, 3.05) is 33.7 Å². The third-order valence-electron chi connectivity index (χ3n) is 5.18. The lowest BCUT2D eigenvalue weighted by Crippen LogP contribution is -2.37. The summed E-state index contributed by atoms with van der Waals surface area (Å²) in [5.41, 5.74) is 0. The van der Waals surface area contributed by atoms with Crippen LogP contribution in [0.1, 0.15) is 51.9 Å². The first-order chi connectivity index (χ1) is 10.1. The molecule has 1 N–H and O–H groups in total. The molecule has 2 fully saturated rings. The quantitative estimate of drug-likeness (QED) is 0.781. The van der Waals surface area contributed by atoms with Gasteiger partial charge in [0, 0.05) is 38.1 Å². The van der Waals surface area contributed by atoms with Gasteiger partial charge in [0.15, 0.2) is 0 Å². The van der Waals surface area contributed by atoms with E-state index in [2.05, 4.69) is 36.1 Å². The summed E-state index contributed by atoms with van der Waals surface area (Å²) in [5, 5.41) is 3.20. The van der Waals surface area contributed by atoms with Crippen molar-refractivity contribution in [2.24, 2.45) is 5.92 Å². The molecule has 1 aliphatic carbocycles. The zero-order chi connectivity index (χ0) is 15.2. The lowest BCUT2D eigenvalue weighted by atomic mass is 9.98. The average molecular weight is 295 g/mol. The summed E-state index contributed by atoms with van der Waals surface area (Å²) in [6.07, 6.45) is 8.13. The Morgan fingerprint density at radius 3 is 2.57 bits per heavy atom. The highest BCUT2D eigenvalue weighted by Gasteiger charge is 2.33. The van der Waals surface area contributed by atoms with Crippen LogP contribution < -0.4 is 5.32 Å². The Morgan fingerprint density at radius 1 is 1.24 bits per heavy atom. The topological polar surface area (TPSA) is 35.6 Å². The number of amides is 1. The van der Waals surface area contributed by atoms with Gasteiger partial charge < -0.3 is 15.1 Å². The van der Waals surface area contributed by atoms with Gasteiger partial charge in [0.05, 0.1) is 0 Å². The van der Waals surface area contributed by atoms with Crippen molar-refractivity contribution >= 4 is 5.91 Å². The van der Waals surface area contributed by atoms with E-state index in [1.165, 1.54) is 38.5 Å². The van der Waals surface area contributed by atoms with Crippen molar-refractivity contribution in [1.82, 2.24) is 15.1 Å². The zero-order valence-electron chi connectivity index (χ0n) is 14.1. The fourth-order valence-corrected chi connectivity index (χ4v) is 3.99. The highest BCUT2D eigenvalue weighted by molar-refractivity contribution is 5.76. The molecule has 4 nitrogen and oxygen atoms in total. The fraction of sp³-hybridized carbons (Fsp3) is 0.941. The minimum Gasteiger partial charge on any atom is -0.353 e. The number of carbonyl (C=O) groups is 1. The molecule has 21 heavy (non-hydrogen) atoms. The molecule has 1 saturated heterocycles. The largest absolute Gasteiger partial charge is 0.353 e. The minimum atomic E-state index is 0.252. The molecule has 1 aliphatic heterocycles. The van der Waals surface area contributed by atoms with E-state index in [0.29, 0.717) is 18.5 Å². The monoisotopic (exact) mass is 295 g/mol. The van der Waals surface area contributed by atoms with Gasteiger partial charge >= 0.3 is 0 Å². The Labute approximate surface area is 130 Å². The van der Waals surface area contributed by atoms with Gasteiger partial charge in [0.25, 0.3) is 0 Å². The van der Waals surface area contributed by atoms with Crippen LogP contribution in [0, 0.1) is 5.92 Å². The maximum absolute atomic E-state index is 12.0. The Balaban J connectivity index is 1.71. The highest BCUT2D eigenvalue weighted by Crippen LogP contribution is 2.25. The molecule has 0 spiro atoms. The van der Waals surface area contributed by atoms with Crippen LogP contribution in [0.3, 0.4) is 0 Å². The van der Waals surface area contributed by atoms with Crippen LogP contribution in [0.15, 0.2) is 0 Å². The maximum atomic E-state index is 12.0. The first-order valence-electron chi connectivity index (χ1n) is 8.78. The lowest BCUT2D eigenvalue weighted by Gasteiger charge is -2.24. The third-order valence-corrected chi connectivity index (χ3v) is 5.18. The molecule has 0 aromatic heterocycles. The SMILES string of the molecule is CCC[C@H]1CN(CCC(=O)NC2CCCC2)C[C@@H]1N(C)C. The van der Waals surface area contributed by atoms with Gasteiger partial charge in [-0.1, -0.05) is 26.2 Å². The van der Waals surface area contributed by atoms with Crippen LogP contribution in [0.5, 0.6) is 0 Å². The minimum absolute atomic E-state index is 0.252. The smallest absolute Gasteiger partial charge is 0.221 e. The van der Waals surface area contributed by atoms with Crippen LogP contribution in [-0.4, -0.2) is 61.5 Å². The number of hydrogen-bond donors (Lipinski definition) is 1. The van der Waals surface area contributed by atoms with E-state index in [0.717, 1.165) is 25.6 Å². The number of likely N-dealkylation sites (N-methyl/N-ethyl adjacent to an activating group) is 1. The summed E-state index contributed by atoms with van der Waals surface area (Å²) < 4.78 is 0. The summed E-state index contributed by atoms with van der Waals surface area (Å²) in [7, 11) is 4.37. The number of likely N-dealkylation sites (tertiary alicyclic amines) is 1. The van der Waals surface area contributed by atoms with Gasteiger partial charge in [0.1, 0.15) is 0 Å². The van der Waals surface area contributed by atoms with Crippen molar-refractivity contribution in [1.29, 1.82) is 0 Å². The van der Waals surface area contributed by atoms with E-state index >= 15 is 0 Å². The Kier molecular flexibility index (Phi) is 6.49. The zero-order valence-corrected chi connectivity index (χ0v) is 14.1. The van der Waals surface area contributed by atoms with Crippen molar-refractivity contribution in [3.63, 3.8) is 0 Å². The molecule has 2 atom stereocenters. The summed E-state index contributed by atoms with van der Waals surface area (Å²) >= 11 is 0. The molecule has 2 aliphatic rings. The third kappa shape index (κ3) is 4.96. The van der Waals surface area contributed by atoms with E-state index in [9.17, 15) is 4.79 Å². The predicted octanol–water partition coefficient (Wildman–Crippen LogP) is 2.10. The Bertz CT molecular complexity index is 326. The van der Waals surface area contributed by atoms with Crippen LogP contribution >= 0.6 is 0 Å². The van der Waals surface area contributed by atoms with Gasteiger partial charge in [0.2, 0.25) is 5.91 Å². The van der Waals surface area contributed by atoms with Gasteiger partial charge in [-0.25, -0.2) is 0 Å². The summed E-state index contributed by atoms with van der Waals surface area (Å²) in [5.74, 6) is 1.02. The summed E-state index contributed by atoms with van der Waals surface area (Å²) in [4.78, 5) is 16.9.